The van der Waals surface area contributed by atoms with Crippen LogP contribution >= 0.6 is 12.4 Å². The highest BCUT2D eigenvalue weighted by Crippen LogP contribution is 2.30. The van der Waals surface area contributed by atoms with E-state index in [1.165, 1.54) is 4.31 Å². The average Bonchev–Trinajstić information content (AvgIpc) is 3.58. The van der Waals surface area contributed by atoms with Gasteiger partial charge in [0.25, 0.3) is 0 Å². The molecule has 13 nitrogen and oxygen atoms in total. The van der Waals surface area contributed by atoms with Crippen molar-refractivity contribution in [1.82, 2.24) is 24.8 Å². The van der Waals surface area contributed by atoms with Gasteiger partial charge in [-0.25, -0.2) is 18.3 Å². The molecule has 1 aliphatic carbocycles. The molecule has 6 rings (SSSR count). The number of ether oxygens (including phenoxy) is 1. The van der Waals surface area contributed by atoms with Gasteiger partial charge in [-0.1, -0.05) is 30.3 Å². The third-order valence-corrected chi connectivity index (χ3v) is 11.5. The van der Waals surface area contributed by atoms with E-state index >= 15 is 0 Å². The zero-order chi connectivity index (χ0) is 35.3. The number of benzene rings is 3. The van der Waals surface area contributed by atoms with E-state index in [1.807, 2.05) is 31.2 Å². The van der Waals surface area contributed by atoms with Gasteiger partial charge in [0, 0.05) is 36.7 Å². The summed E-state index contributed by atoms with van der Waals surface area (Å²) in [6.07, 6.45) is 3.40. The Morgan fingerprint density at radius 3 is 2.39 bits per heavy atom. The largest absolute Gasteiger partial charge is 0.379 e. The van der Waals surface area contributed by atoms with Crippen molar-refractivity contribution in [2.45, 2.75) is 50.0 Å². The fraction of sp³-hybridized carbons (Fsp3) is 0.389. The summed E-state index contributed by atoms with van der Waals surface area (Å²) in [4.78, 5) is 41.6. The summed E-state index contributed by atoms with van der Waals surface area (Å²) in [6.45, 7) is 3.86. The number of carbonyl (C=O) groups excluding carboxylic acids is 2. The highest BCUT2D eigenvalue weighted by Gasteiger charge is 2.30. The van der Waals surface area contributed by atoms with E-state index in [1.54, 1.807) is 42.5 Å². The smallest absolute Gasteiger partial charge is 0.340 e. The summed E-state index contributed by atoms with van der Waals surface area (Å²) >= 11 is 0. The molecular formula is C36H44ClN7O6S. The van der Waals surface area contributed by atoms with Gasteiger partial charge in [0.05, 0.1) is 18.1 Å². The Balaban J connectivity index is 0.00000504. The number of nitrogens with one attached hydrogen (secondary N) is 4. The van der Waals surface area contributed by atoms with Crippen LogP contribution in [-0.4, -0.2) is 78.6 Å². The Morgan fingerprint density at radius 2 is 1.73 bits per heavy atom. The number of sulfonamides is 1. The number of aromatic amines is 2. The molecule has 272 valence electrons. The van der Waals surface area contributed by atoms with E-state index in [2.05, 4.69) is 25.8 Å². The molecule has 1 aliphatic heterocycles. The molecule has 2 heterocycles. The van der Waals surface area contributed by atoms with Gasteiger partial charge in [0.15, 0.2) is 5.82 Å². The molecule has 3 aromatic carbocycles. The number of morpholine rings is 1. The molecule has 1 saturated carbocycles. The monoisotopic (exact) mass is 737 g/mol. The number of rotatable bonds is 11. The molecule has 1 aromatic heterocycles. The minimum Gasteiger partial charge on any atom is -0.379 e. The quantitative estimate of drug-likeness (QED) is 0.154. The molecule has 2 fully saturated rings. The van der Waals surface area contributed by atoms with E-state index in [0.29, 0.717) is 55.8 Å². The van der Waals surface area contributed by atoms with Crippen molar-refractivity contribution >= 4 is 39.9 Å². The number of nitrogens with two attached hydrogens (primary N) is 1. The highest BCUT2D eigenvalue weighted by molar-refractivity contribution is 7.89. The van der Waals surface area contributed by atoms with Crippen LogP contribution in [0.3, 0.4) is 0 Å². The number of aryl methyl sites for hydroxylation is 1. The number of hydrogen-bond donors (Lipinski definition) is 5. The number of carbonyl (C=O) groups is 2. The molecule has 15 heteroatoms. The van der Waals surface area contributed by atoms with Crippen molar-refractivity contribution in [2.24, 2.45) is 17.6 Å². The van der Waals surface area contributed by atoms with Gasteiger partial charge in [-0.05, 0) is 104 Å². The summed E-state index contributed by atoms with van der Waals surface area (Å²) in [5, 5.41) is 12.2. The Bertz CT molecular complexity index is 1990. The van der Waals surface area contributed by atoms with Crippen LogP contribution in [0.5, 0.6) is 0 Å². The van der Waals surface area contributed by atoms with Gasteiger partial charge >= 0.3 is 5.69 Å². The average molecular weight is 738 g/mol. The summed E-state index contributed by atoms with van der Waals surface area (Å²) in [5.74, 6) is 0.0470. The van der Waals surface area contributed by atoms with Crippen molar-refractivity contribution in [2.75, 3.05) is 38.2 Å². The van der Waals surface area contributed by atoms with Crippen LogP contribution < -0.4 is 22.1 Å². The van der Waals surface area contributed by atoms with Crippen LogP contribution in [0.25, 0.3) is 22.5 Å². The van der Waals surface area contributed by atoms with Crippen LogP contribution in [-0.2, 0) is 30.8 Å². The van der Waals surface area contributed by atoms with E-state index < -0.39 is 21.8 Å². The maximum Gasteiger partial charge on any atom is 0.340 e. The van der Waals surface area contributed by atoms with Crippen molar-refractivity contribution in [1.29, 1.82) is 0 Å². The number of halogens is 1. The number of amides is 2. The predicted molar refractivity (Wildman–Crippen MR) is 197 cm³/mol. The Labute approximate surface area is 303 Å². The number of H-pyrrole nitrogens is 2. The van der Waals surface area contributed by atoms with Gasteiger partial charge in [-0.15, -0.1) is 12.4 Å². The summed E-state index contributed by atoms with van der Waals surface area (Å²) in [7, 11) is -3.70. The third-order valence-electron chi connectivity index (χ3n) is 9.61. The van der Waals surface area contributed by atoms with Crippen molar-refractivity contribution in [3.05, 3.63) is 88.3 Å². The van der Waals surface area contributed by atoms with E-state index in [4.69, 9.17) is 10.5 Å². The van der Waals surface area contributed by atoms with Gasteiger partial charge in [0.1, 0.15) is 6.04 Å². The van der Waals surface area contributed by atoms with E-state index in [-0.39, 0.29) is 41.5 Å². The van der Waals surface area contributed by atoms with Gasteiger partial charge in [0.2, 0.25) is 21.8 Å². The second-order valence-electron chi connectivity index (χ2n) is 13.0. The Kier molecular flexibility index (Phi) is 12.5. The number of hydrogen-bond acceptors (Lipinski definition) is 8. The number of anilines is 1. The molecule has 1 saturated heterocycles. The normalized spacial score (nSPS) is 18.7. The Hall–Kier alpha value is -4.34. The first-order chi connectivity index (χ1) is 24.1. The van der Waals surface area contributed by atoms with Crippen LogP contribution in [0, 0.1) is 18.8 Å². The van der Waals surface area contributed by atoms with Crippen LogP contribution in [0.15, 0.2) is 76.4 Å². The molecule has 4 aromatic rings. The van der Waals surface area contributed by atoms with Crippen LogP contribution in [0.4, 0.5) is 5.69 Å². The molecule has 2 amide bonds. The van der Waals surface area contributed by atoms with Crippen LogP contribution in [0.2, 0.25) is 0 Å². The van der Waals surface area contributed by atoms with Crippen molar-refractivity contribution in [3.8, 4) is 22.5 Å². The molecule has 0 unspecified atom stereocenters. The van der Waals surface area contributed by atoms with E-state index in [9.17, 15) is 22.8 Å². The molecule has 0 bridgehead atoms. The standard InChI is InChI=1S/C36H43N7O6S.ClH/c1-23-5-14-30(50(47,48)43-15-17-49-18-16-43)21-31(23)28-4-2-3-25(19-28)20-32(39-34(44)27-8-6-24(22-37)7-9-27)35(45)38-29-12-10-26(11-13-29)33-40-36(46)42-41-33;/h2-5,10-14,19,21,24,27,32H,6-9,15-18,20,22,37H2,1H3,(H,38,45)(H,39,44)(H2,40,41,42,46);1H/t24?,27?,32-;/m0./s1. The lowest BCUT2D eigenvalue weighted by Gasteiger charge is -2.28. The minimum atomic E-state index is -3.70. The summed E-state index contributed by atoms with van der Waals surface area (Å²) in [6, 6.07) is 18.7. The van der Waals surface area contributed by atoms with Crippen molar-refractivity contribution in [3.63, 3.8) is 0 Å². The molecule has 0 spiro atoms. The maximum atomic E-state index is 13.8. The fourth-order valence-electron chi connectivity index (χ4n) is 6.62. The lowest BCUT2D eigenvalue weighted by molar-refractivity contribution is -0.130. The summed E-state index contributed by atoms with van der Waals surface area (Å²) < 4.78 is 33.7. The molecular weight excluding hydrogens is 694 g/mol. The second-order valence-corrected chi connectivity index (χ2v) is 14.9. The zero-order valence-corrected chi connectivity index (χ0v) is 30.0. The van der Waals surface area contributed by atoms with Crippen LogP contribution in [0.1, 0.15) is 36.8 Å². The zero-order valence-electron chi connectivity index (χ0n) is 28.4. The second kappa shape index (κ2) is 16.8. The summed E-state index contributed by atoms with van der Waals surface area (Å²) in [5.41, 5.74) is 9.89. The van der Waals surface area contributed by atoms with Crippen molar-refractivity contribution < 1.29 is 22.7 Å². The third kappa shape index (κ3) is 9.13. The molecule has 1 atom stereocenters. The first-order valence-corrected chi connectivity index (χ1v) is 18.4. The molecule has 51 heavy (non-hydrogen) atoms. The topological polar surface area (TPSA) is 192 Å². The first-order valence-electron chi connectivity index (χ1n) is 16.9. The number of nitrogens with zero attached hydrogens (tertiary/aromatic N) is 2. The molecule has 2 aliphatic rings. The molecule has 6 N–H and O–H groups in total. The van der Waals surface area contributed by atoms with Gasteiger partial charge < -0.3 is 21.1 Å². The highest BCUT2D eigenvalue weighted by atomic mass is 35.5. The SMILES string of the molecule is Cc1ccc(S(=O)(=O)N2CCOCC2)cc1-c1cccc(C[C@H](NC(=O)C2CCC(CN)CC2)C(=O)Nc2ccc(-c3n[nH]c(=O)[nH]3)cc2)c1.Cl. The maximum absolute atomic E-state index is 13.8. The lowest BCUT2D eigenvalue weighted by atomic mass is 9.81. The van der Waals surface area contributed by atoms with Gasteiger partial charge in [-0.3, -0.25) is 14.6 Å². The predicted octanol–water partition coefficient (Wildman–Crippen LogP) is 3.61. The minimum absolute atomic E-state index is 0. The lowest BCUT2D eigenvalue weighted by Crippen LogP contribution is -2.48. The first kappa shape index (κ1) is 37.9. The number of aromatic nitrogens is 3. The van der Waals surface area contributed by atoms with E-state index in [0.717, 1.165) is 47.9 Å². The molecule has 0 radical (unpaired) electrons. The Morgan fingerprint density at radius 1 is 1.00 bits per heavy atom. The fourth-order valence-corrected chi connectivity index (χ4v) is 8.05. The van der Waals surface area contributed by atoms with Gasteiger partial charge in [-0.2, -0.15) is 9.40 Å².